The summed E-state index contributed by atoms with van der Waals surface area (Å²) in [5.41, 5.74) is 5.00. The van der Waals surface area contributed by atoms with E-state index in [1.807, 2.05) is 6.92 Å². The Morgan fingerprint density at radius 3 is 2.40 bits per heavy atom. The number of hydrogen-bond donors (Lipinski definition) is 1. The first-order valence-electron chi connectivity index (χ1n) is 3.15. The second-order valence-corrected chi connectivity index (χ2v) is 2.52. The van der Waals surface area contributed by atoms with E-state index in [0.29, 0.717) is 6.42 Å². The molecule has 0 saturated heterocycles. The van der Waals surface area contributed by atoms with Gasteiger partial charge in [0.15, 0.2) is 6.17 Å². The van der Waals surface area contributed by atoms with Gasteiger partial charge in [-0.2, -0.15) is 0 Å². The van der Waals surface area contributed by atoms with Gasteiger partial charge in [0.25, 0.3) is 0 Å². The predicted molar refractivity (Wildman–Crippen MR) is 42.0 cm³/mol. The Morgan fingerprint density at radius 1 is 1.80 bits per heavy atom. The van der Waals surface area contributed by atoms with Crippen molar-refractivity contribution in [3.8, 4) is 0 Å². The van der Waals surface area contributed by atoms with Gasteiger partial charge in [-0.05, 0) is 25.2 Å². The Labute approximate surface area is 60.5 Å². The molecule has 0 aliphatic carbocycles. The maximum Gasteiger partial charge on any atom is 0.197 e. The lowest BCUT2D eigenvalue weighted by atomic mass is 9.97. The second-order valence-electron chi connectivity index (χ2n) is 2.52. The van der Waals surface area contributed by atoms with Crippen LogP contribution in [-0.4, -0.2) is 18.4 Å². The van der Waals surface area contributed by atoms with E-state index >= 15 is 0 Å². The largest absolute Gasteiger partial charge is 0.322 e. The van der Waals surface area contributed by atoms with Crippen molar-refractivity contribution < 1.29 is 0 Å². The summed E-state index contributed by atoms with van der Waals surface area (Å²) in [5, 5.41) is 2.74. The van der Waals surface area contributed by atoms with Crippen LogP contribution in [0.4, 0.5) is 0 Å². The minimum atomic E-state index is -0.725. The second kappa shape index (κ2) is 3.41. The number of rotatable bonds is 4. The fourth-order valence-corrected chi connectivity index (χ4v) is 0.545. The summed E-state index contributed by atoms with van der Waals surface area (Å²) in [5.74, 6) is 0. The summed E-state index contributed by atoms with van der Waals surface area (Å²) in [7, 11) is 0. The molecular formula is C6H13N3O. The summed E-state index contributed by atoms with van der Waals surface area (Å²) in [4.78, 5) is 13.6. The van der Waals surface area contributed by atoms with Gasteiger partial charge in [0.2, 0.25) is 0 Å². The Kier molecular flexibility index (Phi) is 3.15. The van der Waals surface area contributed by atoms with Crippen LogP contribution in [0.5, 0.6) is 0 Å². The first-order valence-corrected chi connectivity index (χ1v) is 3.15. The van der Waals surface area contributed by atoms with Crippen LogP contribution in [0.3, 0.4) is 0 Å². The van der Waals surface area contributed by atoms with Crippen LogP contribution < -0.4 is 5.73 Å². The average Bonchev–Trinajstić information content (AvgIpc) is 1.90. The molecule has 0 aliphatic heterocycles. The van der Waals surface area contributed by atoms with Crippen LogP contribution in [0, 0.1) is 4.91 Å². The van der Waals surface area contributed by atoms with Gasteiger partial charge in [0.1, 0.15) is 0 Å². The van der Waals surface area contributed by atoms with Gasteiger partial charge in [0, 0.05) is 0 Å². The first kappa shape index (κ1) is 9.23. The highest BCUT2D eigenvalue weighted by atomic mass is 16.3. The van der Waals surface area contributed by atoms with E-state index < -0.39 is 11.7 Å². The molecule has 0 bridgehead atoms. The molecule has 0 rings (SSSR count). The van der Waals surface area contributed by atoms with E-state index in [1.54, 1.807) is 6.92 Å². The van der Waals surface area contributed by atoms with E-state index in [-0.39, 0.29) is 0 Å². The molecule has 2 atom stereocenters. The number of aliphatic imine (C=N–C) groups is 1. The molecule has 10 heavy (non-hydrogen) atoms. The highest BCUT2D eigenvalue weighted by Gasteiger charge is 2.27. The van der Waals surface area contributed by atoms with Crippen LogP contribution in [0.1, 0.15) is 20.3 Å². The molecule has 2 N–H and O–H groups in total. The third-order valence-electron chi connectivity index (χ3n) is 1.62. The lowest BCUT2D eigenvalue weighted by molar-refractivity contribution is 0.373. The highest BCUT2D eigenvalue weighted by molar-refractivity contribution is 5.25. The lowest BCUT2D eigenvalue weighted by Gasteiger charge is -2.23. The van der Waals surface area contributed by atoms with Crippen LogP contribution in [0.15, 0.2) is 10.2 Å². The molecule has 0 radical (unpaired) electrons. The molecular weight excluding hydrogens is 130 g/mol. The molecule has 0 spiro atoms. The van der Waals surface area contributed by atoms with Gasteiger partial charge < -0.3 is 5.73 Å². The molecule has 0 saturated carbocycles. The number of nitrogens with two attached hydrogens (primary N) is 1. The van der Waals surface area contributed by atoms with Crippen molar-refractivity contribution in [3.05, 3.63) is 4.91 Å². The zero-order valence-corrected chi connectivity index (χ0v) is 6.37. The third-order valence-corrected chi connectivity index (χ3v) is 1.62. The number of nitroso groups, excluding NO2 is 1. The summed E-state index contributed by atoms with van der Waals surface area (Å²) in [6.45, 7) is 6.83. The van der Waals surface area contributed by atoms with Crippen molar-refractivity contribution in [1.29, 1.82) is 0 Å². The Balaban J connectivity index is 4.24. The monoisotopic (exact) mass is 143 g/mol. The van der Waals surface area contributed by atoms with E-state index in [0.717, 1.165) is 0 Å². The van der Waals surface area contributed by atoms with Crippen molar-refractivity contribution in [1.82, 2.24) is 0 Å². The van der Waals surface area contributed by atoms with Crippen molar-refractivity contribution in [2.24, 2.45) is 15.9 Å². The third kappa shape index (κ3) is 1.88. The van der Waals surface area contributed by atoms with Crippen LogP contribution in [-0.2, 0) is 0 Å². The van der Waals surface area contributed by atoms with E-state index in [9.17, 15) is 4.91 Å². The standard InChI is InChI=1S/C6H13N3O/c1-4-6(2,7)5(8-3)9-10/h5H,3-4,7H2,1-2H3. The molecule has 4 nitrogen and oxygen atoms in total. The maximum absolute atomic E-state index is 10.1. The smallest absolute Gasteiger partial charge is 0.197 e. The Hall–Kier alpha value is -0.770. The molecule has 4 heteroatoms. The maximum atomic E-state index is 10.1. The average molecular weight is 143 g/mol. The fourth-order valence-electron chi connectivity index (χ4n) is 0.545. The molecule has 0 heterocycles. The molecule has 0 aromatic rings. The number of nitrogens with zero attached hydrogens (tertiary/aromatic N) is 2. The van der Waals surface area contributed by atoms with Crippen LogP contribution >= 0.6 is 0 Å². The van der Waals surface area contributed by atoms with E-state index in [1.165, 1.54) is 0 Å². The molecule has 58 valence electrons. The van der Waals surface area contributed by atoms with Crippen molar-refractivity contribution in [2.75, 3.05) is 0 Å². The molecule has 0 fully saturated rings. The van der Waals surface area contributed by atoms with Crippen LogP contribution in [0.25, 0.3) is 0 Å². The minimum absolute atomic E-state index is 0.649. The zero-order chi connectivity index (χ0) is 8.20. The fraction of sp³-hybridized carbons (Fsp3) is 0.833. The van der Waals surface area contributed by atoms with Crippen molar-refractivity contribution in [3.63, 3.8) is 0 Å². The van der Waals surface area contributed by atoms with E-state index in [4.69, 9.17) is 5.73 Å². The Morgan fingerprint density at radius 2 is 2.30 bits per heavy atom. The van der Waals surface area contributed by atoms with Gasteiger partial charge in [-0.3, -0.25) is 4.99 Å². The summed E-state index contributed by atoms with van der Waals surface area (Å²) < 4.78 is 0. The SMILES string of the molecule is C=NC(N=O)C(C)(N)CC. The zero-order valence-electron chi connectivity index (χ0n) is 6.37. The predicted octanol–water partition coefficient (Wildman–Crippen LogP) is 0.907. The molecule has 0 aromatic carbocycles. The summed E-state index contributed by atoms with van der Waals surface area (Å²) in [6.07, 6.45) is -0.0694. The van der Waals surface area contributed by atoms with Gasteiger partial charge in [0.05, 0.1) is 5.54 Å². The van der Waals surface area contributed by atoms with Gasteiger partial charge in [-0.15, -0.1) is 4.91 Å². The van der Waals surface area contributed by atoms with Crippen LogP contribution in [0.2, 0.25) is 0 Å². The summed E-state index contributed by atoms with van der Waals surface area (Å²) >= 11 is 0. The molecule has 0 aliphatic rings. The van der Waals surface area contributed by atoms with Crippen molar-refractivity contribution >= 4 is 6.72 Å². The molecule has 2 unspecified atom stereocenters. The highest BCUT2D eigenvalue weighted by Crippen LogP contribution is 2.14. The van der Waals surface area contributed by atoms with Crippen molar-refractivity contribution in [2.45, 2.75) is 32.0 Å². The Bertz CT molecular complexity index is 125. The minimum Gasteiger partial charge on any atom is -0.322 e. The lowest BCUT2D eigenvalue weighted by Crippen LogP contribution is -2.45. The molecule has 0 aromatic heterocycles. The van der Waals surface area contributed by atoms with Gasteiger partial charge in [-0.25, -0.2) is 0 Å². The first-order chi connectivity index (χ1) is 4.58. The topological polar surface area (TPSA) is 67.8 Å². The number of hydrogen-bond acceptors (Lipinski definition) is 4. The van der Waals surface area contributed by atoms with Gasteiger partial charge in [-0.1, -0.05) is 6.92 Å². The van der Waals surface area contributed by atoms with E-state index in [2.05, 4.69) is 16.9 Å². The summed E-state index contributed by atoms with van der Waals surface area (Å²) in [6, 6.07) is 0. The normalized spacial score (nSPS) is 19.1. The van der Waals surface area contributed by atoms with Gasteiger partial charge >= 0.3 is 0 Å². The quantitative estimate of drug-likeness (QED) is 0.469. The molecule has 0 amide bonds.